The highest BCUT2D eigenvalue weighted by molar-refractivity contribution is 7.22. The average molecular weight is 372 g/mol. The van der Waals surface area contributed by atoms with Crippen LogP contribution in [0.2, 0.25) is 0 Å². The van der Waals surface area contributed by atoms with Gasteiger partial charge >= 0.3 is 0 Å². The van der Waals surface area contributed by atoms with Gasteiger partial charge < -0.3 is 10.2 Å². The molecule has 5 heteroatoms. The van der Waals surface area contributed by atoms with Crippen LogP contribution in [-0.4, -0.2) is 30.0 Å². The summed E-state index contributed by atoms with van der Waals surface area (Å²) in [5.74, 6) is 0.357. The lowest BCUT2D eigenvalue weighted by Gasteiger charge is -2.33. The predicted molar refractivity (Wildman–Crippen MR) is 109 cm³/mol. The van der Waals surface area contributed by atoms with Crippen molar-refractivity contribution in [3.8, 4) is 0 Å². The number of carbonyl (C=O) groups is 1. The molecular formula is C21H29N3OS. The monoisotopic (exact) mass is 371 g/mol. The number of benzene rings is 1. The van der Waals surface area contributed by atoms with Gasteiger partial charge in [0.1, 0.15) is 0 Å². The molecule has 1 saturated heterocycles. The number of hydrogen-bond acceptors (Lipinski definition) is 4. The molecule has 140 valence electrons. The zero-order chi connectivity index (χ0) is 18.1. The zero-order valence-corrected chi connectivity index (χ0v) is 16.7. The molecule has 1 atom stereocenters. The van der Waals surface area contributed by atoms with E-state index in [1.807, 2.05) is 0 Å². The van der Waals surface area contributed by atoms with Gasteiger partial charge in [-0.3, -0.25) is 4.79 Å². The standard InChI is InChI=1S/C21H29N3OS/c1-14-11-15(2)19-18(12-14)26-21(23-19)24-10-6-7-16(13-24)20(25)22-17-8-4-3-5-9-17/h11-12,16-17H,3-10,13H2,1-2H3,(H,22,25)/t16-/m1/s1. The molecule has 1 aliphatic carbocycles. The molecule has 1 saturated carbocycles. The Morgan fingerprint density at radius 1 is 1.15 bits per heavy atom. The molecule has 4 rings (SSSR count). The number of nitrogens with zero attached hydrogens (tertiary/aromatic N) is 2. The molecule has 1 amide bonds. The number of rotatable bonds is 3. The summed E-state index contributed by atoms with van der Waals surface area (Å²) in [6.07, 6.45) is 8.20. The predicted octanol–water partition coefficient (Wildman–Crippen LogP) is 4.58. The van der Waals surface area contributed by atoms with Gasteiger partial charge in [0.2, 0.25) is 5.91 Å². The van der Waals surface area contributed by atoms with Gasteiger partial charge in [-0.05, 0) is 56.7 Å². The SMILES string of the molecule is Cc1cc(C)c2nc(N3CCC[C@@H](C(=O)NC4CCCCC4)C3)sc2c1. The Labute approximate surface area is 160 Å². The molecule has 2 heterocycles. The number of amides is 1. The molecule has 0 radical (unpaired) electrons. The molecular weight excluding hydrogens is 342 g/mol. The first-order chi connectivity index (χ1) is 12.6. The van der Waals surface area contributed by atoms with E-state index in [4.69, 9.17) is 4.98 Å². The minimum atomic E-state index is 0.0977. The lowest BCUT2D eigenvalue weighted by Crippen LogP contribution is -2.46. The summed E-state index contributed by atoms with van der Waals surface area (Å²) in [5.41, 5.74) is 3.64. The minimum Gasteiger partial charge on any atom is -0.353 e. The van der Waals surface area contributed by atoms with Gasteiger partial charge in [0.15, 0.2) is 5.13 Å². The summed E-state index contributed by atoms with van der Waals surface area (Å²) < 4.78 is 1.26. The second-order valence-corrected chi connectivity index (χ2v) is 9.06. The van der Waals surface area contributed by atoms with Crippen molar-refractivity contribution in [3.63, 3.8) is 0 Å². The first-order valence-corrected chi connectivity index (χ1v) is 10.8. The maximum atomic E-state index is 12.8. The second kappa shape index (κ2) is 7.55. The number of hydrogen-bond donors (Lipinski definition) is 1. The van der Waals surface area contributed by atoms with E-state index >= 15 is 0 Å². The highest BCUT2D eigenvalue weighted by atomic mass is 32.1. The van der Waals surface area contributed by atoms with Gasteiger partial charge in [-0.1, -0.05) is 36.7 Å². The largest absolute Gasteiger partial charge is 0.353 e. The summed E-state index contributed by atoms with van der Waals surface area (Å²) in [4.78, 5) is 20.0. The smallest absolute Gasteiger partial charge is 0.225 e. The van der Waals surface area contributed by atoms with Gasteiger partial charge in [0.05, 0.1) is 16.1 Å². The van der Waals surface area contributed by atoms with E-state index in [1.165, 1.54) is 35.1 Å². The molecule has 1 N–H and O–H groups in total. The van der Waals surface area contributed by atoms with Crippen LogP contribution in [0.5, 0.6) is 0 Å². The average Bonchev–Trinajstić information content (AvgIpc) is 3.07. The lowest BCUT2D eigenvalue weighted by atomic mass is 9.93. The zero-order valence-electron chi connectivity index (χ0n) is 15.9. The van der Waals surface area contributed by atoms with E-state index < -0.39 is 0 Å². The van der Waals surface area contributed by atoms with Crippen LogP contribution in [0.25, 0.3) is 10.2 Å². The molecule has 1 aliphatic heterocycles. The Bertz CT molecular complexity index is 794. The lowest BCUT2D eigenvalue weighted by molar-refractivity contribution is -0.126. The molecule has 2 aliphatic rings. The van der Waals surface area contributed by atoms with E-state index in [0.717, 1.165) is 49.4 Å². The fourth-order valence-corrected chi connectivity index (χ4v) is 5.60. The first kappa shape index (κ1) is 17.8. The number of fused-ring (bicyclic) bond motifs is 1. The van der Waals surface area contributed by atoms with E-state index in [0.29, 0.717) is 6.04 Å². The first-order valence-electron chi connectivity index (χ1n) is 10.0. The number of aryl methyl sites for hydroxylation is 2. The Balaban J connectivity index is 1.46. The van der Waals surface area contributed by atoms with Crippen LogP contribution in [-0.2, 0) is 4.79 Å². The number of aromatic nitrogens is 1. The third-order valence-electron chi connectivity index (χ3n) is 5.83. The molecule has 1 aromatic carbocycles. The second-order valence-electron chi connectivity index (χ2n) is 8.05. The van der Waals surface area contributed by atoms with Crippen LogP contribution in [0.1, 0.15) is 56.1 Å². The summed E-state index contributed by atoms with van der Waals surface area (Å²) in [5, 5.41) is 4.39. The summed E-state index contributed by atoms with van der Waals surface area (Å²) in [7, 11) is 0. The van der Waals surface area contributed by atoms with Crippen molar-refractivity contribution < 1.29 is 4.79 Å². The van der Waals surface area contributed by atoms with E-state index in [9.17, 15) is 4.79 Å². The van der Waals surface area contributed by atoms with E-state index in [2.05, 4.69) is 36.2 Å². The summed E-state index contributed by atoms with van der Waals surface area (Å²) >= 11 is 1.76. The van der Waals surface area contributed by atoms with Crippen molar-refractivity contribution in [1.29, 1.82) is 0 Å². The number of anilines is 1. The summed E-state index contributed by atoms with van der Waals surface area (Å²) in [6.45, 7) is 6.08. The van der Waals surface area contributed by atoms with Crippen LogP contribution in [0.4, 0.5) is 5.13 Å². The molecule has 0 bridgehead atoms. The van der Waals surface area contributed by atoms with Crippen molar-refractivity contribution in [3.05, 3.63) is 23.3 Å². The van der Waals surface area contributed by atoms with E-state index in [1.54, 1.807) is 11.3 Å². The highest BCUT2D eigenvalue weighted by Crippen LogP contribution is 2.33. The third kappa shape index (κ3) is 3.73. The Hall–Kier alpha value is -1.62. The van der Waals surface area contributed by atoms with Crippen LogP contribution in [0.15, 0.2) is 12.1 Å². The molecule has 2 aromatic rings. The third-order valence-corrected chi connectivity index (χ3v) is 6.90. The topological polar surface area (TPSA) is 45.2 Å². The molecule has 0 unspecified atom stereocenters. The van der Waals surface area contributed by atoms with Gasteiger partial charge in [-0.2, -0.15) is 0 Å². The fourth-order valence-electron chi connectivity index (χ4n) is 4.43. The van der Waals surface area contributed by atoms with Gasteiger partial charge in [-0.15, -0.1) is 0 Å². The van der Waals surface area contributed by atoms with Gasteiger partial charge in [0, 0.05) is 19.1 Å². The van der Waals surface area contributed by atoms with Crippen molar-refractivity contribution >= 4 is 32.6 Å². The van der Waals surface area contributed by atoms with Crippen LogP contribution < -0.4 is 10.2 Å². The number of nitrogens with one attached hydrogen (secondary N) is 1. The van der Waals surface area contributed by atoms with Crippen molar-refractivity contribution in [2.24, 2.45) is 5.92 Å². The number of thiazole rings is 1. The number of piperidine rings is 1. The molecule has 4 nitrogen and oxygen atoms in total. The van der Waals surface area contributed by atoms with Crippen molar-refractivity contribution in [2.45, 2.75) is 64.8 Å². The van der Waals surface area contributed by atoms with Crippen molar-refractivity contribution in [2.75, 3.05) is 18.0 Å². The maximum absolute atomic E-state index is 12.8. The Morgan fingerprint density at radius 2 is 1.96 bits per heavy atom. The Morgan fingerprint density at radius 3 is 2.77 bits per heavy atom. The number of carbonyl (C=O) groups excluding carboxylic acids is 1. The van der Waals surface area contributed by atoms with Gasteiger partial charge in [-0.25, -0.2) is 4.98 Å². The Kier molecular flexibility index (Phi) is 5.16. The maximum Gasteiger partial charge on any atom is 0.225 e. The normalized spacial score (nSPS) is 21.9. The highest BCUT2D eigenvalue weighted by Gasteiger charge is 2.29. The minimum absolute atomic E-state index is 0.0977. The molecule has 1 aromatic heterocycles. The van der Waals surface area contributed by atoms with Crippen LogP contribution >= 0.6 is 11.3 Å². The van der Waals surface area contributed by atoms with E-state index in [-0.39, 0.29) is 11.8 Å². The fraction of sp³-hybridized carbons (Fsp3) is 0.619. The molecule has 2 fully saturated rings. The summed E-state index contributed by atoms with van der Waals surface area (Å²) in [6, 6.07) is 4.82. The van der Waals surface area contributed by atoms with Crippen molar-refractivity contribution in [1.82, 2.24) is 10.3 Å². The van der Waals surface area contributed by atoms with Crippen LogP contribution in [0.3, 0.4) is 0 Å². The van der Waals surface area contributed by atoms with Crippen LogP contribution in [0, 0.1) is 19.8 Å². The molecule has 26 heavy (non-hydrogen) atoms. The molecule has 0 spiro atoms. The van der Waals surface area contributed by atoms with Gasteiger partial charge in [0.25, 0.3) is 0 Å². The quantitative estimate of drug-likeness (QED) is 0.859.